The molecule has 1 fully saturated rings. The maximum Gasteiger partial charge on any atom is 0.191 e. The van der Waals surface area contributed by atoms with Gasteiger partial charge in [-0.25, -0.2) is 4.99 Å². The molecule has 22 heavy (non-hydrogen) atoms. The van der Waals surface area contributed by atoms with E-state index in [1.165, 1.54) is 25.7 Å². The van der Waals surface area contributed by atoms with E-state index in [1.54, 1.807) is 7.11 Å². The van der Waals surface area contributed by atoms with Crippen molar-refractivity contribution in [2.75, 3.05) is 26.7 Å². The molecular weight excluding hydrogens is 278 g/mol. The number of likely N-dealkylation sites (tertiary alicyclic amines) is 1. The van der Waals surface area contributed by atoms with Crippen molar-refractivity contribution in [3.05, 3.63) is 24.3 Å². The number of guanidine groups is 1. The number of nitrogens with zero attached hydrogens (tertiary/aromatic N) is 2. The Morgan fingerprint density at radius 3 is 2.32 bits per heavy atom. The predicted molar refractivity (Wildman–Crippen MR) is 89.6 cm³/mol. The number of rotatable bonds is 5. The third-order valence-electron chi connectivity index (χ3n) is 3.84. The fourth-order valence-corrected chi connectivity index (χ4v) is 2.55. The molecule has 122 valence electrons. The first-order valence-electron chi connectivity index (χ1n) is 8.04. The average Bonchev–Trinajstić information content (AvgIpc) is 2.82. The number of benzene rings is 1. The third kappa shape index (κ3) is 5.13. The number of hydrogen-bond acceptors (Lipinski definition) is 3. The molecule has 0 aromatic heterocycles. The van der Waals surface area contributed by atoms with Gasteiger partial charge in [0.25, 0.3) is 0 Å². The van der Waals surface area contributed by atoms with E-state index in [0.717, 1.165) is 24.6 Å². The van der Waals surface area contributed by atoms with Crippen molar-refractivity contribution in [2.24, 2.45) is 10.7 Å². The van der Waals surface area contributed by atoms with Crippen molar-refractivity contribution in [1.82, 2.24) is 4.90 Å². The van der Waals surface area contributed by atoms with E-state index in [1.807, 2.05) is 31.2 Å². The smallest absolute Gasteiger partial charge is 0.191 e. The van der Waals surface area contributed by atoms with E-state index < -0.39 is 0 Å². The summed E-state index contributed by atoms with van der Waals surface area (Å²) in [7, 11) is 1.65. The minimum atomic E-state index is -0.0149. The first kappa shape index (κ1) is 16.5. The van der Waals surface area contributed by atoms with Gasteiger partial charge in [-0.15, -0.1) is 0 Å². The highest BCUT2D eigenvalue weighted by Gasteiger charge is 2.11. The normalized spacial score (nSPS) is 17.7. The molecule has 0 spiro atoms. The third-order valence-corrected chi connectivity index (χ3v) is 3.84. The van der Waals surface area contributed by atoms with Crippen LogP contribution in [0.4, 0.5) is 0 Å². The zero-order valence-corrected chi connectivity index (χ0v) is 13.6. The van der Waals surface area contributed by atoms with Gasteiger partial charge in [0.2, 0.25) is 0 Å². The summed E-state index contributed by atoms with van der Waals surface area (Å²) in [5, 5.41) is 0. The van der Waals surface area contributed by atoms with Gasteiger partial charge < -0.3 is 20.1 Å². The number of nitrogens with two attached hydrogens (primary N) is 1. The van der Waals surface area contributed by atoms with Gasteiger partial charge in [0.05, 0.1) is 13.7 Å². The largest absolute Gasteiger partial charge is 0.497 e. The van der Waals surface area contributed by atoms with Crippen LogP contribution in [0.2, 0.25) is 0 Å². The molecule has 2 rings (SSSR count). The lowest BCUT2D eigenvalue weighted by molar-refractivity contribution is 0.229. The molecule has 2 N–H and O–H groups in total. The number of hydrogen-bond donors (Lipinski definition) is 1. The molecule has 1 atom stereocenters. The van der Waals surface area contributed by atoms with Crippen molar-refractivity contribution in [3.8, 4) is 11.5 Å². The molecular formula is C17H27N3O2. The van der Waals surface area contributed by atoms with Crippen LogP contribution in [0.15, 0.2) is 29.3 Å². The van der Waals surface area contributed by atoms with Crippen molar-refractivity contribution >= 4 is 5.96 Å². The zero-order chi connectivity index (χ0) is 15.8. The topological polar surface area (TPSA) is 60.1 Å². The summed E-state index contributed by atoms with van der Waals surface area (Å²) in [6.45, 7) is 4.60. The molecule has 1 aliphatic heterocycles. The van der Waals surface area contributed by atoms with Crippen LogP contribution in [0.1, 0.15) is 32.6 Å². The molecule has 0 saturated carbocycles. The Labute approximate surface area is 133 Å². The summed E-state index contributed by atoms with van der Waals surface area (Å²) < 4.78 is 11.0. The molecule has 1 aliphatic rings. The second kappa shape index (κ2) is 8.51. The van der Waals surface area contributed by atoms with E-state index in [4.69, 9.17) is 15.2 Å². The fourth-order valence-electron chi connectivity index (χ4n) is 2.55. The van der Waals surface area contributed by atoms with Crippen molar-refractivity contribution < 1.29 is 9.47 Å². The van der Waals surface area contributed by atoms with Gasteiger partial charge in [0, 0.05) is 13.1 Å². The Morgan fingerprint density at radius 2 is 1.73 bits per heavy atom. The molecule has 0 aliphatic carbocycles. The summed E-state index contributed by atoms with van der Waals surface area (Å²) >= 11 is 0. The Morgan fingerprint density at radius 1 is 1.14 bits per heavy atom. The lowest BCUT2D eigenvalue weighted by Crippen LogP contribution is -2.38. The van der Waals surface area contributed by atoms with Crippen LogP contribution in [0.3, 0.4) is 0 Å². The number of methoxy groups -OCH3 is 1. The molecule has 1 aromatic carbocycles. The van der Waals surface area contributed by atoms with Gasteiger partial charge in [-0.3, -0.25) is 0 Å². The van der Waals surface area contributed by atoms with E-state index in [-0.39, 0.29) is 6.10 Å². The van der Waals surface area contributed by atoms with Crippen LogP contribution in [-0.4, -0.2) is 43.7 Å². The van der Waals surface area contributed by atoms with E-state index in [2.05, 4.69) is 9.89 Å². The second-order valence-electron chi connectivity index (χ2n) is 5.70. The Kier molecular flexibility index (Phi) is 6.37. The van der Waals surface area contributed by atoms with Crippen LogP contribution in [0.5, 0.6) is 11.5 Å². The van der Waals surface area contributed by atoms with Gasteiger partial charge in [0.1, 0.15) is 17.6 Å². The highest BCUT2D eigenvalue weighted by Crippen LogP contribution is 2.18. The summed E-state index contributed by atoms with van der Waals surface area (Å²) in [6.07, 6.45) is 4.97. The highest BCUT2D eigenvalue weighted by molar-refractivity contribution is 5.78. The van der Waals surface area contributed by atoms with Gasteiger partial charge in [-0.2, -0.15) is 0 Å². The van der Waals surface area contributed by atoms with Gasteiger partial charge >= 0.3 is 0 Å². The van der Waals surface area contributed by atoms with Crippen LogP contribution < -0.4 is 15.2 Å². The van der Waals surface area contributed by atoms with Gasteiger partial charge in [-0.1, -0.05) is 12.8 Å². The quantitative estimate of drug-likeness (QED) is 0.671. The van der Waals surface area contributed by atoms with Gasteiger partial charge in [-0.05, 0) is 44.0 Å². The summed E-state index contributed by atoms with van der Waals surface area (Å²) in [5.41, 5.74) is 6.10. The molecule has 5 heteroatoms. The highest BCUT2D eigenvalue weighted by atomic mass is 16.5. The molecule has 1 saturated heterocycles. The lowest BCUT2D eigenvalue weighted by atomic mass is 10.2. The van der Waals surface area contributed by atoms with E-state index in [9.17, 15) is 0 Å². The summed E-state index contributed by atoms with van der Waals surface area (Å²) in [4.78, 5) is 6.68. The molecule has 5 nitrogen and oxygen atoms in total. The predicted octanol–water partition coefficient (Wildman–Crippen LogP) is 2.65. The second-order valence-corrected chi connectivity index (χ2v) is 5.70. The minimum absolute atomic E-state index is 0.0149. The van der Waals surface area contributed by atoms with Gasteiger partial charge in [0.15, 0.2) is 5.96 Å². The average molecular weight is 305 g/mol. The first-order valence-corrected chi connectivity index (χ1v) is 8.04. The van der Waals surface area contributed by atoms with Crippen molar-refractivity contribution in [1.29, 1.82) is 0 Å². The monoisotopic (exact) mass is 305 g/mol. The standard InChI is InChI=1S/C17H27N3O2/c1-14(22-16-9-7-15(21-2)8-10-16)13-19-17(18)20-11-5-3-4-6-12-20/h7-10,14H,3-6,11-13H2,1-2H3,(H2,18,19). The number of aliphatic imine (C=N–C) groups is 1. The Bertz CT molecular complexity index is 465. The van der Waals surface area contributed by atoms with E-state index >= 15 is 0 Å². The summed E-state index contributed by atoms with van der Waals surface area (Å²) in [5.74, 6) is 2.28. The SMILES string of the molecule is COc1ccc(OC(C)CN=C(N)N2CCCCCC2)cc1. The maximum absolute atomic E-state index is 6.10. The molecule has 0 radical (unpaired) electrons. The molecule has 1 heterocycles. The van der Waals surface area contributed by atoms with Crippen LogP contribution in [-0.2, 0) is 0 Å². The molecule has 1 aromatic rings. The zero-order valence-electron chi connectivity index (χ0n) is 13.6. The first-order chi connectivity index (χ1) is 10.7. The van der Waals surface area contributed by atoms with Crippen molar-refractivity contribution in [2.45, 2.75) is 38.7 Å². The Hall–Kier alpha value is -1.91. The van der Waals surface area contributed by atoms with Crippen LogP contribution in [0, 0.1) is 0 Å². The molecule has 1 unspecified atom stereocenters. The summed E-state index contributed by atoms with van der Waals surface area (Å²) in [6, 6.07) is 7.57. The van der Waals surface area contributed by atoms with Crippen LogP contribution in [0.25, 0.3) is 0 Å². The van der Waals surface area contributed by atoms with E-state index in [0.29, 0.717) is 12.5 Å². The maximum atomic E-state index is 6.10. The van der Waals surface area contributed by atoms with Crippen LogP contribution >= 0.6 is 0 Å². The minimum Gasteiger partial charge on any atom is -0.497 e. The fraction of sp³-hybridized carbons (Fsp3) is 0.588. The lowest BCUT2D eigenvalue weighted by Gasteiger charge is -2.21. The molecule has 0 bridgehead atoms. The number of ether oxygens (including phenoxy) is 2. The Balaban J connectivity index is 1.82. The molecule has 0 amide bonds. The van der Waals surface area contributed by atoms with Crippen molar-refractivity contribution in [3.63, 3.8) is 0 Å².